The summed E-state index contributed by atoms with van der Waals surface area (Å²) in [6, 6.07) is 5.56. The molecule has 18 heavy (non-hydrogen) atoms. The fourth-order valence-electron chi connectivity index (χ4n) is 1.91. The summed E-state index contributed by atoms with van der Waals surface area (Å²) in [5, 5.41) is 8.83. The van der Waals surface area contributed by atoms with Gasteiger partial charge in [-0.15, -0.1) is 0 Å². The monoisotopic (exact) mass is 249 g/mol. The lowest BCUT2D eigenvalue weighted by Gasteiger charge is -2.21. The van der Waals surface area contributed by atoms with Gasteiger partial charge in [0.05, 0.1) is 0 Å². The normalized spacial score (nSPS) is 10.2. The molecule has 1 aromatic rings. The van der Waals surface area contributed by atoms with E-state index in [-0.39, 0.29) is 12.5 Å². The molecule has 0 bridgehead atoms. The summed E-state index contributed by atoms with van der Waals surface area (Å²) in [6.07, 6.45) is 0.740. The second-order valence-corrected chi connectivity index (χ2v) is 4.44. The molecule has 0 aliphatic carbocycles. The number of rotatable bonds is 5. The maximum atomic E-state index is 12.3. The zero-order chi connectivity index (χ0) is 13.7. The maximum Gasteiger partial charge on any atom is 0.323 e. The van der Waals surface area contributed by atoms with Crippen LogP contribution in [0.3, 0.4) is 0 Å². The third-order valence-corrected chi connectivity index (χ3v) is 2.72. The van der Waals surface area contributed by atoms with Crippen molar-refractivity contribution in [1.82, 2.24) is 4.90 Å². The standard InChI is InChI=1S/C14H19NO3/c1-4-7-15(9-13(16)17)14(18)12-6-5-10(2)8-11(12)3/h5-6,8H,4,7,9H2,1-3H3,(H,16,17). The number of benzene rings is 1. The molecule has 0 aliphatic rings. The quantitative estimate of drug-likeness (QED) is 0.870. The minimum Gasteiger partial charge on any atom is -0.480 e. The summed E-state index contributed by atoms with van der Waals surface area (Å²) in [4.78, 5) is 24.4. The highest BCUT2D eigenvalue weighted by Crippen LogP contribution is 2.13. The summed E-state index contributed by atoms with van der Waals surface area (Å²) in [6.45, 7) is 5.95. The van der Waals surface area contributed by atoms with Crippen LogP contribution in [0.25, 0.3) is 0 Å². The van der Waals surface area contributed by atoms with Crippen molar-refractivity contribution in [3.8, 4) is 0 Å². The molecule has 0 radical (unpaired) electrons. The predicted molar refractivity (Wildman–Crippen MR) is 69.7 cm³/mol. The average Bonchev–Trinajstić information content (AvgIpc) is 2.27. The van der Waals surface area contributed by atoms with Gasteiger partial charge in [-0.1, -0.05) is 24.6 Å². The molecule has 1 amide bonds. The summed E-state index contributed by atoms with van der Waals surface area (Å²) < 4.78 is 0. The molecular formula is C14H19NO3. The van der Waals surface area contributed by atoms with Gasteiger partial charge in [-0.25, -0.2) is 0 Å². The van der Waals surface area contributed by atoms with E-state index in [2.05, 4.69) is 0 Å². The molecule has 1 aromatic carbocycles. The Hall–Kier alpha value is -1.84. The van der Waals surface area contributed by atoms with Crippen LogP contribution < -0.4 is 0 Å². The van der Waals surface area contributed by atoms with Crippen LogP contribution in [0.2, 0.25) is 0 Å². The second-order valence-electron chi connectivity index (χ2n) is 4.44. The van der Waals surface area contributed by atoms with Crippen LogP contribution in [0.5, 0.6) is 0 Å². The van der Waals surface area contributed by atoms with Gasteiger partial charge in [-0.05, 0) is 31.9 Å². The van der Waals surface area contributed by atoms with E-state index in [1.807, 2.05) is 32.9 Å². The van der Waals surface area contributed by atoms with E-state index in [0.29, 0.717) is 12.1 Å². The Morgan fingerprint density at radius 1 is 1.28 bits per heavy atom. The molecule has 98 valence electrons. The second kappa shape index (κ2) is 6.19. The SMILES string of the molecule is CCCN(CC(=O)O)C(=O)c1ccc(C)cc1C. The molecule has 1 N–H and O–H groups in total. The molecule has 4 heteroatoms. The van der Waals surface area contributed by atoms with Gasteiger partial charge in [0.25, 0.3) is 5.91 Å². The Bertz CT molecular complexity index is 454. The smallest absolute Gasteiger partial charge is 0.323 e. The highest BCUT2D eigenvalue weighted by Gasteiger charge is 2.19. The Morgan fingerprint density at radius 2 is 1.94 bits per heavy atom. The maximum absolute atomic E-state index is 12.3. The molecule has 0 fully saturated rings. The van der Waals surface area contributed by atoms with Crippen LogP contribution in [0.1, 0.15) is 34.8 Å². The van der Waals surface area contributed by atoms with Gasteiger partial charge < -0.3 is 10.0 Å². The van der Waals surface area contributed by atoms with Crippen molar-refractivity contribution in [2.24, 2.45) is 0 Å². The van der Waals surface area contributed by atoms with Crippen molar-refractivity contribution < 1.29 is 14.7 Å². The molecule has 0 heterocycles. The molecule has 0 unspecified atom stereocenters. The van der Waals surface area contributed by atoms with Gasteiger partial charge in [0, 0.05) is 12.1 Å². The molecule has 0 saturated carbocycles. The fraction of sp³-hybridized carbons (Fsp3) is 0.429. The van der Waals surface area contributed by atoms with Crippen LogP contribution in [0.15, 0.2) is 18.2 Å². The number of amides is 1. The first-order chi connectivity index (χ1) is 8.45. The van der Waals surface area contributed by atoms with E-state index < -0.39 is 5.97 Å². The van der Waals surface area contributed by atoms with E-state index in [1.54, 1.807) is 6.07 Å². The third kappa shape index (κ3) is 3.58. The fourth-order valence-corrected chi connectivity index (χ4v) is 1.91. The number of aliphatic carboxylic acids is 1. The third-order valence-electron chi connectivity index (χ3n) is 2.72. The van der Waals surface area contributed by atoms with Gasteiger partial charge >= 0.3 is 5.97 Å². The van der Waals surface area contributed by atoms with Crippen LogP contribution in [0, 0.1) is 13.8 Å². The first-order valence-electron chi connectivity index (χ1n) is 6.04. The number of carboxylic acids is 1. The number of nitrogens with zero attached hydrogens (tertiary/aromatic N) is 1. The Labute approximate surface area is 107 Å². The molecule has 0 aromatic heterocycles. The van der Waals surface area contributed by atoms with Gasteiger partial charge in [-0.2, -0.15) is 0 Å². The van der Waals surface area contributed by atoms with Gasteiger partial charge in [-0.3, -0.25) is 9.59 Å². The van der Waals surface area contributed by atoms with Crippen LogP contribution in [-0.4, -0.2) is 35.0 Å². The van der Waals surface area contributed by atoms with Crippen molar-refractivity contribution in [3.05, 3.63) is 34.9 Å². The minimum atomic E-state index is -0.985. The lowest BCUT2D eigenvalue weighted by molar-refractivity contribution is -0.137. The largest absolute Gasteiger partial charge is 0.480 e. The van der Waals surface area contributed by atoms with E-state index in [9.17, 15) is 9.59 Å². The zero-order valence-electron chi connectivity index (χ0n) is 11.1. The topological polar surface area (TPSA) is 57.6 Å². The average molecular weight is 249 g/mol. The van der Waals surface area contributed by atoms with Gasteiger partial charge in [0.1, 0.15) is 6.54 Å². The first-order valence-corrected chi connectivity index (χ1v) is 6.04. The van der Waals surface area contributed by atoms with Crippen LogP contribution in [0.4, 0.5) is 0 Å². The summed E-state index contributed by atoms with van der Waals surface area (Å²) in [5.41, 5.74) is 2.55. The number of carboxylic acid groups (broad SMARTS) is 1. The van der Waals surface area contributed by atoms with Gasteiger partial charge in [0.15, 0.2) is 0 Å². The molecule has 0 saturated heterocycles. The van der Waals surface area contributed by atoms with E-state index in [0.717, 1.165) is 17.5 Å². The molecule has 0 aliphatic heterocycles. The number of hydrogen-bond acceptors (Lipinski definition) is 2. The van der Waals surface area contributed by atoms with Crippen molar-refractivity contribution in [1.29, 1.82) is 0 Å². The Balaban J connectivity index is 2.97. The highest BCUT2D eigenvalue weighted by atomic mass is 16.4. The number of hydrogen-bond donors (Lipinski definition) is 1. The Morgan fingerprint density at radius 3 is 2.44 bits per heavy atom. The van der Waals surface area contributed by atoms with E-state index >= 15 is 0 Å². The predicted octanol–water partition coefficient (Wildman–Crippen LogP) is 2.24. The number of aryl methyl sites for hydroxylation is 2. The highest BCUT2D eigenvalue weighted by molar-refractivity contribution is 5.97. The summed E-state index contributed by atoms with van der Waals surface area (Å²) in [7, 11) is 0. The lowest BCUT2D eigenvalue weighted by Crippen LogP contribution is -2.36. The lowest BCUT2D eigenvalue weighted by atomic mass is 10.0. The zero-order valence-corrected chi connectivity index (χ0v) is 11.1. The first kappa shape index (κ1) is 14.2. The van der Waals surface area contributed by atoms with Gasteiger partial charge in [0.2, 0.25) is 0 Å². The van der Waals surface area contributed by atoms with E-state index in [1.165, 1.54) is 4.90 Å². The Kier molecular flexibility index (Phi) is 4.89. The molecule has 4 nitrogen and oxygen atoms in total. The van der Waals surface area contributed by atoms with Crippen LogP contribution in [-0.2, 0) is 4.79 Å². The molecule has 1 rings (SSSR count). The minimum absolute atomic E-state index is 0.211. The van der Waals surface area contributed by atoms with E-state index in [4.69, 9.17) is 5.11 Å². The van der Waals surface area contributed by atoms with Crippen molar-refractivity contribution >= 4 is 11.9 Å². The summed E-state index contributed by atoms with van der Waals surface area (Å²) in [5.74, 6) is -1.20. The van der Waals surface area contributed by atoms with Crippen LogP contribution >= 0.6 is 0 Å². The molecule has 0 spiro atoms. The van der Waals surface area contributed by atoms with Crippen molar-refractivity contribution in [2.75, 3.05) is 13.1 Å². The summed E-state index contributed by atoms with van der Waals surface area (Å²) >= 11 is 0. The molecular weight excluding hydrogens is 230 g/mol. The van der Waals surface area contributed by atoms with Crippen molar-refractivity contribution in [3.63, 3.8) is 0 Å². The molecule has 0 atom stereocenters. The van der Waals surface area contributed by atoms with Crippen molar-refractivity contribution in [2.45, 2.75) is 27.2 Å². The number of carbonyl (C=O) groups excluding carboxylic acids is 1. The number of carbonyl (C=O) groups is 2.